The van der Waals surface area contributed by atoms with Gasteiger partial charge in [-0.2, -0.15) is 0 Å². The van der Waals surface area contributed by atoms with Gasteiger partial charge in [-0.25, -0.2) is 0 Å². The minimum absolute atomic E-state index is 0.0358. The third-order valence-electron chi connectivity index (χ3n) is 2.88. The van der Waals surface area contributed by atoms with Crippen LogP contribution < -0.4 is 0 Å². The lowest BCUT2D eigenvalue weighted by Crippen LogP contribution is -2.39. The van der Waals surface area contributed by atoms with Crippen molar-refractivity contribution in [1.29, 1.82) is 0 Å². The van der Waals surface area contributed by atoms with Gasteiger partial charge in [0.05, 0.1) is 18.3 Å². The van der Waals surface area contributed by atoms with E-state index in [1.807, 2.05) is 19.9 Å². The van der Waals surface area contributed by atoms with E-state index < -0.39 is 0 Å². The van der Waals surface area contributed by atoms with Crippen molar-refractivity contribution in [3.05, 3.63) is 12.7 Å². The van der Waals surface area contributed by atoms with Gasteiger partial charge in [-0.3, -0.25) is 0 Å². The molecule has 0 aromatic rings. The molecule has 0 radical (unpaired) electrons. The molecular weight excluding hydrogens is 176 g/mol. The third-order valence-corrected chi connectivity index (χ3v) is 2.88. The average molecular weight is 198 g/mol. The second-order valence-corrected chi connectivity index (χ2v) is 4.49. The van der Waals surface area contributed by atoms with E-state index in [0.29, 0.717) is 0 Å². The maximum absolute atomic E-state index is 9.89. The van der Waals surface area contributed by atoms with E-state index in [0.717, 1.165) is 25.7 Å². The molecule has 1 saturated heterocycles. The second kappa shape index (κ2) is 5.52. The maximum atomic E-state index is 9.89. The maximum Gasteiger partial charge on any atom is 0.0840 e. The van der Waals surface area contributed by atoms with Crippen molar-refractivity contribution < 1.29 is 9.84 Å². The van der Waals surface area contributed by atoms with Crippen LogP contribution in [0.15, 0.2) is 12.7 Å². The number of hydrogen-bond acceptors (Lipinski definition) is 2. The van der Waals surface area contributed by atoms with Crippen molar-refractivity contribution in [2.45, 2.75) is 57.8 Å². The SMILES string of the molecule is C=CC[C@@H]1CCC[C@@H]([C@H](O)C(C)C)O1. The minimum Gasteiger partial charge on any atom is -0.390 e. The molecule has 0 amide bonds. The first-order chi connectivity index (χ1) is 6.65. The zero-order valence-corrected chi connectivity index (χ0v) is 9.28. The van der Waals surface area contributed by atoms with E-state index in [-0.39, 0.29) is 24.2 Å². The molecule has 0 bridgehead atoms. The van der Waals surface area contributed by atoms with Gasteiger partial charge in [-0.05, 0) is 31.6 Å². The average Bonchev–Trinajstić information content (AvgIpc) is 2.17. The number of ether oxygens (including phenoxy) is 1. The van der Waals surface area contributed by atoms with Crippen molar-refractivity contribution in [2.24, 2.45) is 5.92 Å². The Morgan fingerprint density at radius 1 is 1.50 bits per heavy atom. The lowest BCUT2D eigenvalue weighted by atomic mass is 9.93. The van der Waals surface area contributed by atoms with Crippen LogP contribution in [0, 0.1) is 5.92 Å². The molecule has 1 aliphatic heterocycles. The molecule has 1 N–H and O–H groups in total. The van der Waals surface area contributed by atoms with Gasteiger partial charge in [0.25, 0.3) is 0 Å². The van der Waals surface area contributed by atoms with Gasteiger partial charge in [0.2, 0.25) is 0 Å². The fraction of sp³-hybridized carbons (Fsp3) is 0.833. The molecule has 0 spiro atoms. The summed E-state index contributed by atoms with van der Waals surface area (Å²) < 4.78 is 5.83. The molecule has 3 atom stereocenters. The molecule has 1 aliphatic rings. The smallest absolute Gasteiger partial charge is 0.0840 e. The second-order valence-electron chi connectivity index (χ2n) is 4.49. The summed E-state index contributed by atoms with van der Waals surface area (Å²) in [7, 11) is 0. The third kappa shape index (κ3) is 3.10. The van der Waals surface area contributed by atoms with Gasteiger partial charge in [0.1, 0.15) is 0 Å². The molecular formula is C12H22O2. The van der Waals surface area contributed by atoms with E-state index >= 15 is 0 Å². The van der Waals surface area contributed by atoms with Crippen LogP contribution in [-0.4, -0.2) is 23.4 Å². The molecule has 14 heavy (non-hydrogen) atoms. The number of hydrogen-bond donors (Lipinski definition) is 1. The van der Waals surface area contributed by atoms with Gasteiger partial charge in [0, 0.05) is 0 Å². The van der Waals surface area contributed by atoms with Crippen molar-refractivity contribution in [3.8, 4) is 0 Å². The monoisotopic (exact) mass is 198 g/mol. The Morgan fingerprint density at radius 3 is 2.79 bits per heavy atom. The van der Waals surface area contributed by atoms with Crippen LogP contribution in [0.25, 0.3) is 0 Å². The molecule has 2 nitrogen and oxygen atoms in total. The molecule has 0 aliphatic carbocycles. The summed E-state index contributed by atoms with van der Waals surface area (Å²) in [6, 6.07) is 0. The molecule has 0 saturated carbocycles. The summed E-state index contributed by atoms with van der Waals surface area (Å²) in [6.07, 6.45) is 6.06. The largest absolute Gasteiger partial charge is 0.390 e. The molecule has 0 aromatic heterocycles. The van der Waals surface area contributed by atoms with Gasteiger partial charge in [0.15, 0.2) is 0 Å². The number of aliphatic hydroxyl groups excluding tert-OH is 1. The lowest BCUT2D eigenvalue weighted by Gasteiger charge is -2.34. The van der Waals surface area contributed by atoms with E-state index in [4.69, 9.17) is 4.74 Å². The summed E-state index contributed by atoms with van der Waals surface area (Å²) in [4.78, 5) is 0. The molecule has 2 heteroatoms. The van der Waals surface area contributed by atoms with Crippen LogP contribution in [0.1, 0.15) is 39.5 Å². The van der Waals surface area contributed by atoms with Crippen LogP contribution in [0.2, 0.25) is 0 Å². The predicted octanol–water partition coefficient (Wildman–Crippen LogP) is 2.52. The highest BCUT2D eigenvalue weighted by Crippen LogP contribution is 2.25. The standard InChI is InChI=1S/C12H22O2/c1-4-6-10-7-5-8-11(14-10)12(13)9(2)3/h4,9-13H,1,5-8H2,2-3H3/t10-,11+,12-/m1/s1. The topological polar surface area (TPSA) is 29.5 Å². The van der Waals surface area contributed by atoms with Crippen molar-refractivity contribution in [1.82, 2.24) is 0 Å². The molecule has 82 valence electrons. The van der Waals surface area contributed by atoms with Crippen LogP contribution in [-0.2, 0) is 4.74 Å². The number of rotatable bonds is 4. The van der Waals surface area contributed by atoms with Crippen molar-refractivity contribution in [2.75, 3.05) is 0 Å². The first-order valence-corrected chi connectivity index (χ1v) is 5.59. The Kier molecular flexibility index (Phi) is 4.63. The van der Waals surface area contributed by atoms with Crippen molar-refractivity contribution >= 4 is 0 Å². The lowest BCUT2D eigenvalue weighted by molar-refractivity contribution is -0.115. The fourth-order valence-corrected chi connectivity index (χ4v) is 1.97. The number of aliphatic hydroxyl groups is 1. The Labute approximate surface area is 87.0 Å². The molecule has 1 fully saturated rings. The fourth-order valence-electron chi connectivity index (χ4n) is 1.97. The Bertz CT molecular complexity index is 177. The summed E-state index contributed by atoms with van der Waals surface area (Å²) in [5.74, 6) is 0.280. The van der Waals surface area contributed by atoms with Crippen molar-refractivity contribution in [3.63, 3.8) is 0 Å². The normalized spacial score (nSPS) is 30.3. The molecule has 1 heterocycles. The molecule has 0 unspecified atom stereocenters. The first kappa shape index (κ1) is 11.7. The summed E-state index contributed by atoms with van der Waals surface area (Å²) >= 11 is 0. The molecule has 1 rings (SSSR count). The highest BCUT2D eigenvalue weighted by molar-refractivity contribution is 4.82. The van der Waals surface area contributed by atoms with E-state index in [1.165, 1.54) is 0 Å². The van der Waals surface area contributed by atoms with Gasteiger partial charge in [-0.1, -0.05) is 19.9 Å². The minimum atomic E-state index is -0.317. The quantitative estimate of drug-likeness (QED) is 0.703. The van der Waals surface area contributed by atoms with Gasteiger partial charge >= 0.3 is 0 Å². The van der Waals surface area contributed by atoms with Crippen LogP contribution in [0.3, 0.4) is 0 Å². The van der Waals surface area contributed by atoms with Crippen LogP contribution >= 0.6 is 0 Å². The zero-order chi connectivity index (χ0) is 10.6. The van der Waals surface area contributed by atoms with Gasteiger partial charge in [-0.15, -0.1) is 6.58 Å². The van der Waals surface area contributed by atoms with E-state index in [1.54, 1.807) is 0 Å². The Hall–Kier alpha value is -0.340. The highest BCUT2D eigenvalue weighted by atomic mass is 16.5. The van der Waals surface area contributed by atoms with E-state index in [9.17, 15) is 5.11 Å². The van der Waals surface area contributed by atoms with Crippen LogP contribution in [0.4, 0.5) is 0 Å². The Balaban J connectivity index is 2.42. The Morgan fingerprint density at radius 2 is 2.21 bits per heavy atom. The highest BCUT2D eigenvalue weighted by Gasteiger charge is 2.28. The molecule has 0 aromatic carbocycles. The summed E-state index contributed by atoms with van der Waals surface area (Å²) in [6.45, 7) is 7.78. The zero-order valence-electron chi connectivity index (χ0n) is 9.28. The first-order valence-electron chi connectivity index (χ1n) is 5.59. The van der Waals surface area contributed by atoms with Gasteiger partial charge < -0.3 is 9.84 Å². The predicted molar refractivity (Wildman–Crippen MR) is 58.2 cm³/mol. The summed E-state index contributed by atoms with van der Waals surface area (Å²) in [5, 5.41) is 9.89. The van der Waals surface area contributed by atoms with Crippen LogP contribution in [0.5, 0.6) is 0 Å². The summed E-state index contributed by atoms with van der Waals surface area (Å²) in [5.41, 5.74) is 0. The van der Waals surface area contributed by atoms with E-state index in [2.05, 4.69) is 6.58 Å².